The van der Waals surface area contributed by atoms with Crippen LogP contribution >= 0.6 is 11.8 Å². The summed E-state index contributed by atoms with van der Waals surface area (Å²) >= 11 is 1.59. The van der Waals surface area contributed by atoms with E-state index in [0.717, 1.165) is 18.8 Å². The molecular formula is C19H22FN3O2S. The van der Waals surface area contributed by atoms with Crippen LogP contribution in [0.15, 0.2) is 42.6 Å². The average Bonchev–Trinajstić information content (AvgIpc) is 2.69. The van der Waals surface area contributed by atoms with Gasteiger partial charge in [-0.25, -0.2) is 4.39 Å². The first-order valence-corrected chi connectivity index (χ1v) is 9.77. The van der Waals surface area contributed by atoms with Crippen LogP contribution in [0.2, 0.25) is 0 Å². The van der Waals surface area contributed by atoms with E-state index in [1.54, 1.807) is 30.1 Å². The first kappa shape index (κ1) is 18.7. The lowest BCUT2D eigenvalue weighted by Gasteiger charge is -2.28. The predicted octanol–water partition coefficient (Wildman–Crippen LogP) is 2.72. The number of thioether (sulfide) groups is 1. The summed E-state index contributed by atoms with van der Waals surface area (Å²) in [5.74, 6) is 0.927. The Kier molecular flexibility index (Phi) is 6.85. The molecule has 3 rings (SSSR count). The van der Waals surface area contributed by atoms with Crippen LogP contribution in [0, 0.1) is 5.82 Å². The molecule has 1 aliphatic rings. The lowest BCUT2D eigenvalue weighted by molar-refractivity contribution is 0.0951. The summed E-state index contributed by atoms with van der Waals surface area (Å²) in [6.07, 6.45) is 1.66. The van der Waals surface area contributed by atoms with Gasteiger partial charge in [-0.05, 0) is 23.8 Å². The zero-order valence-electron chi connectivity index (χ0n) is 14.5. The topological polar surface area (TPSA) is 54.5 Å². The van der Waals surface area contributed by atoms with Crippen LogP contribution in [0.4, 0.5) is 10.1 Å². The third kappa shape index (κ3) is 5.19. The number of ether oxygens (including phenoxy) is 1. The van der Waals surface area contributed by atoms with Crippen LogP contribution in [0.1, 0.15) is 16.1 Å². The smallest absolute Gasteiger partial charge is 0.269 e. The minimum absolute atomic E-state index is 0.187. The number of morpholine rings is 1. The van der Waals surface area contributed by atoms with Crippen molar-refractivity contribution in [2.75, 3.05) is 43.5 Å². The summed E-state index contributed by atoms with van der Waals surface area (Å²) in [4.78, 5) is 18.6. The van der Waals surface area contributed by atoms with Crippen molar-refractivity contribution in [3.05, 3.63) is 59.7 Å². The van der Waals surface area contributed by atoms with Gasteiger partial charge in [-0.1, -0.05) is 18.2 Å². The van der Waals surface area contributed by atoms with E-state index in [-0.39, 0.29) is 11.7 Å². The SMILES string of the molecule is O=C(NCCSCc1ccccc1F)c1cc(N2CCOCC2)ccn1. The molecule has 0 radical (unpaired) electrons. The number of halogens is 1. The number of pyridine rings is 1. The lowest BCUT2D eigenvalue weighted by atomic mass is 10.2. The Hall–Kier alpha value is -2.12. The fourth-order valence-electron chi connectivity index (χ4n) is 2.69. The number of nitrogens with one attached hydrogen (secondary N) is 1. The van der Waals surface area contributed by atoms with E-state index in [0.29, 0.717) is 42.5 Å². The predicted molar refractivity (Wildman–Crippen MR) is 102 cm³/mol. The van der Waals surface area contributed by atoms with Gasteiger partial charge in [0.05, 0.1) is 13.2 Å². The van der Waals surface area contributed by atoms with Gasteiger partial charge in [0, 0.05) is 43.0 Å². The first-order valence-electron chi connectivity index (χ1n) is 8.62. The summed E-state index contributed by atoms with van der Waals surface area (Å²) in [6, 6.07) is 10.5. The highest BCUT2D eigenvalue weighted by Gasteiger charge is 2.14. The molecule has 0 spiro atoms. The highest BCUT2D eigenvalue weighted by molar-refractivity contribution is 7.98. The van der Waals surface area contributed by atoms with Crippen molar-refractivity contribution in [3.63, 3.8) is 0 Å². The summed E-state index contributed by atoms with van der Waals surface area (Å²) in [5.41, 5.74) is 2.08. The maximum Gasteiger partial charge on any atom is 0.269 e. The summed E-state index contributed by atoms with van der Waals surface area (Å²) in [5, 5.41) is 2.87. The highest BCUT2D eigenvalue weighted by atomic mass is 32.2. The number of carbonyl (C=O) groups is 1. The summed E-state index contributed by atoms with van der Waals surface area (Å²) in [7, 11) is 0. The van der Waals surface area contributed by atoms with Crippen molar-refractivity contribution in [1.82, 2.24) is 10.3 Å². The van der Waals surface area contributed by atoms with Gasteiger partial charge in [0.2, 0.25) is 0 Å². The fraction of sp³-hybridized carbons (Fsp3) is 0.368. The van der Waals surface area contributed by atoms with Crippen LogP contribution in [-0.4, -0.2) is 49.5 Å². The third-order valence-corrected chi connectivity index (χ3v) is 5.11. The molecule has 1 aromatic heterocycles. The van der Waals surface area contributed by atoms with Crippen molar-refractivity contribution < 1.29 is 13.9 Å². The van der Waals surface area contributed by atoms with Gasteiger partial charge in [-0.15, -0.1) is 0 Å². The van der Waals surface area contributed by atoms with Gasteiger partial charge in [0.15, 0.2) is 0 Å². The Morgan fingerprint density at radius 3 is 2.88 bits per heavy atom. The molecule has 1 aromatic carbocycles. The van der Waals surface area contributed by atoms with Crippen LogP contribution in [-0.2, 0) is 10.5 Å². The molecule has 0 bridgehead atoms. The van der Waals surface area contributed by atoms with E-state index in [1.807, 2.05) is 18.2 Å². The van der Waals surface area contributed by atoms with E-state index in [9.17, 15) is 9.18 Å². The maximum atomic E-state index is 13.5. The van der Waals surface area contributed by atoms with E-state index in [1.165, 1.54) is 6.07 Å². The zero-order valence-corrected chi connectivity index (χ0v) is 15.3. The Morgan fingerprint density at radius 2 is 2.08 bits per heavy atom. The van der Waals surface area contributed by atoms with E-state index < -0.39 is 0 Å². The second kappa shape index (κ2) is 9.54. The van der Waals surface area contributed by atoms with Crippen molar-refractivity contribution in [2.45, 2.75) is 5.75 Å². The molecule has 138 valence electrons. The number of carbonyl (C=O) groups excluding carboxylic acids is 1. The van der Waals surface area contributed by atoms with Gasteiger partial charge in [0.1, 0.15) is 11.5 Å². The largest absolute Gasteiger partial charge is 0.378 e. The molecule has 1 fully saturated rings. The molecule has 7 heteroatoms. The Morgan fingerprint density at radius 1 is 1.27 bits per heavy atom. The minimum Gasteiger partial charge on any atom is -0.378 e. The van der Waals surface area contributed by atoms with Crippen molar-refractivity contribution in [1.29, 1.82) is 0 Å². The Labute approximate surface area is 156 Å². The molecule has 1 amide bonds. The zero-order chi connectivity index (χ0) is 18.2. The van der Waals surface area contributed by atoms with Gasteiger partial charge in [-0.2, -0.15) is 11.8 Å². The Bertz CT molecular complexity index is 738. The van der Waals surface area contributed by atoms with Crippen molar-refractivity contribution in [3.8, 4) is 0 Å². The molecular weight excluding hydrogens is 353 g/mol. The molecule has 1 saturated heterocycles. The standard InChI is InChI=1S/C19H22FN3O2S/c20-17-4-2-1-3-15(17)14-26-12-7-22-19(24)18-13-16(5-6-21-18)23-8-10-25-11-9-23/h1-6,13H,7-12,14H2,(H,22,24). The fourth-order valence-corrected chi connectivity index (χ4v) is 3.53. The second-order valence-electron chi connectivity index (χ2n) is 5.90. The second-order valence-corrected chi connectivity index (χ2v) is 7.00. The molecule has 26 heavy (non-hydrogen) atoms. The minimum atomic E-state index is -0.188. The molecule has 0 unspecified atom stereocenters. The van der Waals surface area contributed by atoms with Crippen LogP contribution < -0.4 is 10.2 Å². The monoisotopic (exact) mass is 375 g/mol. The first-order chi connectivity index (χ1) is 12.7. The van der Waals surface area contributed by atoms with Crippen molar-refractivity contribution >= 4 is 23.4 Å². The number of amides is 1. The molecule has 0 atom stereocenters. The highest BCUT2D eigenvalue weighted by Crippen LogP contribution is 2.17. The molecule has 0 saturated carbocycles. The third-order valence-electron chi connectivity index (χ3n) is 4.10. The van der Waals surface area contributed by atoms with E-state index >= 15 is 0 Å². The summed E-state index contributed by atoms with van der Waals surface area (Å²) < 4.78 is 18.9. The number of aromatic nitrogens is 1. The van der Waals surface area contributed by atoms with Gasteiger partial charge in [0.25, 0.3) is 5.91 Å². The summed E-state index contributed by atoms with van der Waals surface area (Å²) in [6.45, 7) is 3.54. The van der Waals surface area contributed by atoms with Gasteiger partial charge < -0.3 is 15.0 Å². The van der Waals surface area contributed by atoms with Crippen LogP contribution in [0.5, 0.6) is 0 Å². The molecule has 5 nitrogen and oxygen atoms in total. The normalized spacial score (nSPS) is 14.3. The number of hydrogen-bond acceptors (Lipinski definition) is 5. The number of rotatable bonds is 7. The molecule has 0 aliphatic carbocycles. The number of benzene rings is 1. The van der Waals surface area contributed by atoms with E-state index in [4.69, 9.17) is 4.74 Å². The maximum absolute atomic E-state index is 13.5. The quantitative estimate of drug-likeness (QED) is 0.754. The van der Waals surface area contributed by atoms with Gasteiger partial charge >= 0.3 is 0 Å². The number of hydrogen-bond donors (Lipinski definition) is 1. The average molecular weight is 375 g/mol. The molecule has 1 N–H and O–H groups in total. The lowest BCUT2D eigenvalue weighted by Crippen LogP contribution is -2.36. The Balaban J connectivity index is 1.44. The van der Waals surface area contributed by atoms with Gasteiger partial charge in [-0.3, -0.25) is 9.78 Å². The van der Waals surface area contributed by atoms with Crippen LogP contribution in [0.3, 0.4) is 0 Å². The molecule has 2 heterocycles. The van der Waals surface area contributed by atoms with E-state index in [2.05, 4.69) is 15.2 Å². The van der Waals surface area contributed by atoms with Crippen molar-refractivity contribution in [2.24, 2.45) is 0 Å². The molecule has 2 aromatic rings. The number of anilines is 1. The molecule has 1 aliphatic heterocycles. The number of nitrogens with zero attached hydrogens (tertiary/aromatic N) is 2. The van der Waals surface area contributed by atoms with Crippen LogP contribution in [0.25, 0.3) is 0 Å².